The van der Waals surface area contributed by atoms with Crippen LogP contribution in [0.15, 0.2) is 108 Å². The van der Waals surface area contributed by atoms with Crippen LogP contribution in [0.2, 0.25) is 0 Å². The van der Waals surface area contributed by atoms with Crippen molar-refractivity contribution in [3.05, 3.63) is 131 Å². The monoisotopic (exact) mass is 572 g/mol. The summed E-state index contributed by atoms with van der Waals surface area (Å²) in [5.41, 5.74) is 4.19. The van der Waals surface area contributed by atoms with E-state index < -0.39 is 15.3 Å². The van der Waals surface area contributed by atoms with Crippen molar-refractivity contribution in [1.29, 1.82) is 0 Å². The average Bonchev–Trinajstić information content (AvgIpc) is 3.10. The van der Waals surface area contributed by atoms with Gasteiger partial charge in [-0.3, -0.25) is 0 Å². The molecule has 3 nitrogen and oxygen atoms in total. The van der Waals surface area contributed by atoms with Gasteiger partial charge in [0, 0.05) is 0 Å². The molecule has 5 rings (SSSR count). The molecule has 0 saturated heterocycles. The van der Waals surface area contributed by atoms with Crippen LogP contribution >= 0.6 is 0 Å². The van der Waals surface area contributed by atoms with Crippen molar-refractivity contribution in [1.82, 2.24) is 0 Å². The Labute approximate surface area is 225 Å². The fourth-order valence-electron chi connectivity index (χ4n) is 4.89. The summed E-state index contributed by atoms with van der Waals surface area (Å²) in [5.74, 6) is -0.422. The molecule has 0 spiro atoms. The van der Waals surface area contributed by atoms with E-state index in [0.29, 0.717) is 5.56 Å². The van der Waals surface area contributed by atoms with Crippen molar-refractivity contribution in [3.63, 3.8) is 0 Å². The molecule has 0 fully saturated rings. The first-order chi connectivity index (χ1) is 17.7. The first-order valence-corrected chi connectivity index (χ1v) is 15.5. The number of carbonyl (C=O) groups excluding carboxylic acids is 1. The van der Waals surface area contributed by atoms with Gasteiger partial charge < -0.3 is 0 Å². The van der Waals surface area contributed by atoms with Crippen molar-refractivity contribution in [2.24, 2.45) is 5.41 Å². The normalized spacial score (nSPS) is 18.5. The second-order valence-electron chi connectivity index (χ2n) is 9.76. The predicted molar refractivity (Wildman–Crippen MR) is 152 cm³/mol. The number of allylic oxidation sites excluding steroid dienone is 1. The maximum atomic E-state index is 14.0. The molecule has 4 aromatic rings. The predicted octanol–water partition coefficient (Wildman–Crippen LogP) is 5.88. The summed E-state index contributed by atoms with van der Waals surface area (Å²) in [5, 5.41) is 0. The third-order valence-corrected chi connectivity index (χ3v) is 11.2. The first-order valence-electron chi connectivity index (χ1n) is 12.2. The van der Waals surface area contributed by atoms with Gasteiger partial charge in [-0.15, -0.1) is 0 Å². The minimum absolute atomic E-state index is 0.137. The summed E-state index contributed by atoms with van der Waals surface area (Å²) in [6, 6.07) is 33.0. The third kappa shape index (κ3) is 4.87. The van der Waals surface area contributed by atoms with E-state index >= 15 is 0 Å². The number of aryl methyl sites for hydroxylation is 2. The number of Topliss-reactive ketones (excluding diaryl/α,β-unsaturated/α-hetero) is 1. The number of benzene rings is 4. The van der Waals surface area contributed by atoms with Crippen molar-refractivity contribution in [2.75, 3.05) is 5.75 Å². The molecule has 1 aliphatic rings. The minimum atomic E-state index is -3.75. The number of hydrogen-bond acceptors (Lipinski definition) is 3. The zero-order chi connectivity index (χ0) is 26.2. The summed E-state index contributed by atoms with van der Waals surface area (Å²) < 4.78 is 29.7. The van der Waals surface area contributed by atoms with Gasteiger partial charge in [0.2, 0.25) is 0 Å². The van der Waals surface area contributed by atoms with E-state index in [1.54, 1.807) is 24.3 Å². The molecule has 0 aliphatic heterocycles. The summed E-state index contributed by atoms with van der Waals surface area (Å²) in [4.78, 5) is 14.3. The van der Waals surface area contributed by atoms with Crippen LogP contribution in [0.1, 0.15) is 39.5 Å². The van der Waals surface area contributed by atoms with Crippen LogP contribution in [0, 0.1) is 19.3 Å². The van der Waals surface area contributed by atoms with Crippen molar-refractivity contribution in [3.8, 4) is 0 Å². The SMILES string of the molecule is Cc1ccc(/C([Se]c2ccccc2)=C2\c3ccccc3C(=O)C2(C)CS(=O)(=O)c2ccc(C)cc2)cc1. The molecule has 37 heavy (non-hydrogen) atoms. The molecular weight excluding hydrogens is 543 g/mol. The summed E-state index contributed by atoms with van der Waals surface area (Å²) in [6.45, 7) is 5.78. The molecule has 0 bridgehead atoms. The van der Waals surface area contributed by atoms with Crippen molar-refractivity contribution >= 4 is 45.1 Å². The van der Waals surface area contributed by atoms with Gasteiger partial charge in [0.15, 0.2) is 0 Å². The van der Waals surface area contributed by atoms with E-state index in [-0.39, 0.29) is 31.4 Å². The third-order valence-electron chi connectivity index (χ3n) is 6.86. The van der Waals surface area contributed by atoms with Crippen LogP contribution in [0.4, 0.5) is 0 Å². The summed E-state index contributed by atoms with van der Waals surface area (Å²) in [7, 11) is -3.75. The van der Waals surface area contributed by atoms with Gasteiger partial charge in [-0.05, 0) is 0 Å². The van der Waals surface area contributed by atoms with Gasteiger partial charge in [-0.25, -0.2) is 0 Å². The molecule has 1 atom stereocenters. The molecule has 4 aromatic carbocycles. The Hall–Kier alpha value is -3.24. The van der Waals surface area contributed by atoms with Crippen LogP contribution in [-0.2, 0) is 9.84 Å². The molecule has 0 aromatic heterocycles. The van der Waals surface area contributed by atoms with Crippen molar-refractivity contribution < 1.29 is 13.2 Å². The number of hydrogen-bond donors (Lipinski definition) is 0. The second kappa shape index (κ2) is 9.90. The topological polar surface area (TPSA) is 51.2 Å². The van der Waals surface area contributed by atoms with E-state index in [4.69, 9.17) is 0 Å². The standard InChI is InChI=1S/C32H28O3SSe/c1-22-13-17-24(18-14-22)30(37-26-9-5-4-6-10-26)29-27-11-7-8-12-28(27)31(33)32(29,3)21-36(34,35)25-19-15-23(2)16-20-25/h4-20H,21H2,1-3H3/b30-29-. The fraction of sp³-hybridized carbons (Fsp3) is 0.156. The van der Waals surface area contributed by atoms with Crippen LogP contribution in [0.5, 0.6) is 0 Å². The molecule has 0 amide bonds. The van der Waals surface area contributed by atoms with Gasteiger partial charge in [0.05, 0.1) is 0 Å². The Kier molecular flexibility index (Phi) is 6.80. The van der Waals surface area contributed by atoms with E-state index in [0.717, 1.165) is 32.3 Å². The quantitative estimate of drug-likeness (QED) is 0.272. The van der Waals surface area contributed by atoms with E-state index in [9.17, 15) is 13.2 Å². The molecule has 0 N–H and O–H groups in total. The summed E-state index contributed by atoms with van der Waals surface area (Å²) >= 11 is -0.154. The molecule has 5 heteroatoms. The Morgan fingerprint density at radius 2 is 1.27 bits per heavy atom. The molecule has 0 heterocycles. The molecule has 1 unspecified atom stereocenters. The number of rotatable bonds is 6. The second-order valence-corrected chi connectivity index (χ2v) is 14.0. The Balaban J connectivity index is 1.76. The number of carbonyl (C=O) groups is 1. The van der Waals surface area contributed by atoms with Crippen molar-refractivity contribution in [2.45, 2.75) is 25.7 Å². The van der Waals surface area contributed by atoms with E-state index in [1.165, 1.54) is 4.46 Å². The van der Waals surface area contributed by atoms with Gasteiger partial charge >= 0.3 is 226 Å². The van der Waals surface area contributed by atoms with E-state index in [1.807, 2.05) is 63.2 Å². The molecule has 1 aliphatic carbocycles. The molecule has 186 valence electrons. The molecular formula is C32H28O3SSe. The number of fused-ring (bicyclic) bond motifs is 1. The van der Waals surface area contributed by atoms with Gasteiger partial charge in [0.1, 0.15) is 0 Å². The van der Waals surface area contributed by atoms with Crippen LogP contribution in [0.3, 0.4) is 0 Å². The molecule has 0 radical (unpaired) electrons. The van der Waals surface area contributed by atoms with Crippen LogP contribution in [-0.4, -0.2) is 34.9 Å². The van der Waals surface area contributed by atoms with E-state index in [2.05, 4.69) is 36.4 Å². The fourth-order valence-corrected chi connectivity index (χ4v) is 9.21. The maximum absolute atomic E-state index is 14.0. The van der Waals surface area contributed by atoms with Crippen LogP contribution in [0.25, 0.3) is 10.0 Å². The summed E-state index contributed by atoms with van der Waals surface area (Å²) in [6.07, 6.45) is 0. The van der Waals surface area contributed by atoms with Crippen LogP contribution < -0.4 is 4.46 Å². The molecule has 0 saturated carbocycles. The average molecular weight is 572 g/mol. The van der Waals surface area contributed by atoms with Gasteiger partial charge in [-0.1, -0.05) is 0 Å². The number of sulfone groups is 1. The zero-order valence-corrected chi connectivity index (χ0v) is 23.6. The van der Waals surface area contributed by atoms with Gasteiger partial charge in [0.25, 0.3) is 0 Å². The Morgan fingerprint density at radius 1 is 0.730 bits per heavy atom. The Bertz CT molecular complexity index is 1600. The number of ketones is 1. The first kappa shape index (κ1) is 25.4. The zero-order valence-electron chi connectivity index (χ0n) is 21.1. The Morgan fingerprint density at radius 3 is 1.89 bits per heavy atom. The van der Waals surface area contributed by atoms with Gasteiger partial charge in [-0.2, -0.15) is 0 Å².